The van der Waals surface area contributed by atoms with Gasteiger partial charge in [0, 0.05) is 31.0 Å². The molecule has 0 radical (unpaired) electrons. The third-order valence-electron chi connectivity index (χ3n) is 3.05. The van der Waals surface area contributed by atoms with Crippen molar-refractivity contribution in [3.63, 3.8) is 0 Å². The van der Waals surface area contributed by atoms with Gasteiger partial charge in [-0.3, -0.25) is 4.90 Å². The quantitative estimate of drug-likeness (QED) is 0.678. The first-order valence-corrected chi connectivity index (χ1v) is 6.81. The smallest absolute Gasteiger partial charge is 0.0159 e. The molecule has 0 aliphatic heterocycles. The molecule has 84 valence electrons. The number of likely N-dealkylation sites (N-methyl/N-ethyl adjacent to an activating group) is 1. The van der Waals surface area contributed by atoms with Crippen LogP contribution in [0.25, 0.3) is 0 Å². The second kappa shape index (κ2) is 6.81. The molecular formula is C11H23BrN2. The number of alkyl halides is 1. The predicted molar refractivity (Wildman–Crippen MR) is 66.2 cm³/mol. The summed E-state index contributed by atoms with van der Waals surface area (Å²) < 4.78 is 0. The van der Waals surface area contributed by atoms with Crippen molar-refractivity contribution in [2.24, 2.45) is 0 Å². The maximum atomic E-state index is 3.55. The van der Waals surface area contributed by atoms with E-state index in [4.69, 9.17) is 0 Å². The molecule has 0 heterocycles. The van der Waals surface area contributed by atoms with Gasteiger partial charge >= 0.3 is 0 Å². The Bertz CT molecular complexity index is 144. The van der Waals surface area contributed by atoms with E-state index in [9.17, 15) is 0 Å². The molecule has 0 saturated heterocycles. The molecule has 1 saturated carbocycles. The zero-order valence-electron chi connectivity index (χ0n) is 9.51. The first-order chi connectivity index (χ1) is 6.74. The lowest BCUT2D eigenvalue weighted by Crippen LogP contribution is -2.39. The SMILES string of the molecule is CN(C)CCN(CCBr)C1CCCC1. The van der Waals surface area contributed by atoms with Crippen LogP contribution >= 0.6 is 15.9 Å². The van der Waals surface area contributed by atoms with Crippen LogP contribution in [-0.2, 0) is 0 Å². The molecule has 0 bridgehead atoms. The summed E-state index contributed by atoms with van der Waals surface area (Å²) in [5.41, 5.74) is 0. The fourth-order valence-electron chi connectivity index (χ4n) is 2.18. The van der Waals surface area contributed by atoms with Crippen LogP contribution in [0.4, 0.5) is 0 Å². The number of rotatable bonds is 6. The van der Waals surface area contributed by atoms with Crippen LogP contribution in [0.5, 0.6) is 0 Å². The summed E-state index contributed by atoms with van der Waals surface area (Å²) >= 11 is 3.55. The molecule has 0 amide bonds. The molecule has 1 rings (SSSR count). The molecule has 0 aromatic heterocycles. The van der Waals surface area contributed by atoms with Crippen molar-refractivity contribution < 1.29 is 0 Å². The number of hydrogen-bond donors (Lipinski definition) is 0. The van der Waals surface area contributed by atoms with Crippen molar-refractivity contribution >= 4 is 15.9 Å². The van der Waals surface area contributed by atoms with Crippen molar-refractivity contribution in [2.45, 2.75) is 31.7 Å². The predicted octanol–water partition coefficient (Wildman–Crippen LogP) is 2.19. The van der Waals surface area contributed by atoms with Gasteiger partial charge in [-0.2, -0.15) is 0 Å². The normalized spacial score (nSPS) is 18.6. The lowest BCUT2D eigenvalue weighted by molar-refractivity contribution is 0.191. The third-order valence-corrected chi connectivity index (χ3v) is 3.40. The topological polar surface area (TPSA) is 6.48 Å². The van der Waals surface area contributed by atoms with E-state index < -0.39 is 0 Å². The number of nitrogens with zero attached hydrogens (tertiary/aromatic N) is 2. The Labute approximate surface area is 96.8 Å². The van der Waals surface area contributed by atoms with E-state index in [-0.39, 0.29) is 0 Å². The average molecular weight is 263 g/mol. The van der Waals surface area contributed by atoms with Gasteiger partial charge in [0.25, 0.3) is 0 Å². The standard InChI is InChI=1S/C11H23BrN2/c1-13(2)9-10-14(8-7-12)11-5-3-4-6-11/h11H,3-10H2,1-2H3. The van der Waals surface area contributed by atoms with Crippen LogP contribution in [-0.4, -0.2) is 54.9 Å². The fraction of sp³-hybridized carbons (Fsp3) is 1.00. The third kappa shape index (κ3) is 4.28. The monoisotopic (exact) mass is 262 g/mol. The van der Waals surface area contributed by atoms with Gasteiger partial charge in [0.1, 0.15) is 0 Å². The molecule has 3 heteroatoms. The lowest BCUT2D eigenvalue weighted by Gasteiger charge is -2.29. The summed E-state index contributed by atoms with van der Waals surface area (Å²) in [6, 6.07) is 0.868. The molecular weight excluding hydrogens is 240 g/mol. The maximum absolute atomic E-state index is 3.55. The Balaban J connectivity index is 2.29. The van der Waals surface area contributed by atoms with Crippen molar-refractivity contribution in [1.82, 2.24) is 9.80 Å². The van der Waals surface area contributed by atoms with E-state index in [1.807, 2.05) is 0 Å². The van der Waals surface area contributed by atoms with Gasteiger partial charge in [-0.15, -0.1) is 0 Å². The molecule has 0 aromatic rings. The highest BCUT2D eigenvalue weighted by Gasteiger charge is 2.21. The average Bonchev–Trinajstić information content (AvgIpc) is 2.64. The fourth-order valence-corrected chi connectivity index (χ4v) is 2.64. The molecule has 0 spiro atoms. The molecule has 14 heavy (non-hydrogen) atoms. The Morgan fingerprint density at radius 3 is 2.21 bits per heavy atom. The lowest BCUT2D eigenvalue weighted by atomic mass is 10.2. The first-order valence-electron chi connectivity index (χ1n) is 5.69. The van der Waals surface area contributed by atoms with Crippen molar-refractivity contribution in [2.75, 3.05) is 39.1 Å². The molecule has 0 N–H and O–H groups in total. The summed E-state index contributed by atoms with van der Waals surface area (Å²) in [7, 11) is 4.31. The van der Waals surface area contributed by atoms with E-state index in [0.29, 0.717) is 0 Å². The van der Waals surface area contributed by atoms with Crippen LogP contribution in [0.2, 0.25) is 0 Å². The largest absolute Gasteiger partial charge is 0.308 e. The van der Waals surface area contributed by atoms with E-state index in [1.165, 1.54) is 45.3 Å². The summed E-state index contributed by atoms with van der Waals surface area (Å²) in [6.07, 6.45) is 5.71. The second-order valence-corrected chi connectivity index (χ2v) is 5.26. The Morgan fingerprint density at radius 2 is 1.71 bits per heavy atom. The first kappa shape index (κ1) is 12.5. The van der Waals surface area contributed by atoms with Gasteiger partial charge in [-0.25, -0.2) is 0 Å². The highest BCUT2D eigenvalue weighted by Crippen LogP contribution is 2.23. The Kier molecular flexibility index (Phi) is 6.06. The Morgan fingerprint density at radius 1 is 1.07 bits per heavy atom. The molecule has 2 nitrogen and oxygen atoms in total. The van der Waals surface area contributed by atoms with Gasteiger partial charge in [-0.1, -0.05) is 28.8 Å². The molecule has 1 aliphatic rings. The van der Waals surface area contributed by atoms with Gasteiger partial charge in [0.15, 0.2) is 0 Å². The number of halogens is 1. The highest BCUT2D eigenvalue weighted by molar-refractivity contribution is 9.09. The minimum Gasteiger partial charge on any atom is -0.308 e. The zero-order valence-corrected chi connectivity index (χ0v) is 11.1. The molecule has 0 unspecified atom stereocenters. The summed E-state index contributed by atoms with van der Waals surface area (Å²) in [5.74, 6) is 0. The van der Waals surface area contributed by atoms with Crippen molar-refractivity contribution in [3.05, 3.63) is 0 Å². The van der Waals surface area contributed by atoms with Gasteiger partial charge in [-0.05, 0) is 26.9 Å². The van der Waals surface area contributed by atoms with E-state index in [2.05, 4.69) is 39.8 Å². The molecule has 0 aromatic carbocycles. The minimum absolute atomic E-state index is 0.868. The van der Waals surface area contributed by atoms with Crippen LogP contribution in [0.3, 0.4) is 0 Å². The molecule has 1 aliphatic carbocycles. The van der Waals surface area contributed by atoms with Gasteiger partial charge < -0.3 is 4.90 Å². The minimum atomic E-state index is 0.868. The van der Waals surface area contributed by atoms with E-state index in [1.54, 1.807) is 0 Å². The van der Waals surface area contributed by atoms with Crippen molar-refractivity contribution in [3.8, 4) is 0 Å². The zero-order chi connectivity index (χ0) is 10.4. The highest BCUT2D eigenvalue weighted by atomic mass is 79.9. The van der Waals surface area contributed by atoms with E-state index in [0.717, 1.165) is 11.4 Å². The summed E-state index contributed by atoms with van der Waals surface area (Å²) in [4.78, 5) is 4.93. The van der Waals surface area contributed by atoms with Crippen LogP contribution < -0.4 is 0 Å². The second-order valence-electron chi connectivity index (χ2n) is 4.47. The van der Waals surface area contributed by atoms with Gasteiger partial charge in [0.05, 0.1) is 0 Å². The van der Waals surface area contributed by atoms with Crippen LogP contribution in [0.1, 0.15) is 25.7 Å². The van der Waals surface area contributed by atoms with Crippen LogP contribution in [0, 0.1) is 0 Å². The van der Waals surface area contributed by atoms with E-state index >= 15 is 0 Å². The molecule has 0 atom stereocenters. The Hall–Kier alpha value is 0.400. The van der Waals surface area contributed by atoms with Gasteiger partial charge in [0.2, 0.25) is 0 Å². The maximum Gasteiger partial charge on any atom is 0.0159 e. The summed E-state index contributed by atoms with van der Waals surface area (Å²) in [6.45, 7) is 3.62. The van der Waals surface area contributed by atoms with Crippen LogP contribution in [0.15, 0.2) is 0 Å². The number of hydrogen-bond acceptors (Lipinski definition) is 2. The molecule has 1 fully saturated rings. The summed E-state index contributed by atoms with van der Waals surface area (Å²) in [5, 5.41) is 1.11. The van der Waals surface area contributed by atoms with Crippen molar-refractivity contribution in [1.29, 1.82) is 0 Å².